The molecule has 5 nitrogen and oxygen atoms in total. The molecule has 0 atom stereocenters. The van der Waals surface area contributed by atoms with Crippen molar-refractivity contribution in [1.29, 1.82) is 0 Å². The minimum Gasteiger partial charge on any atom is -0.497 e. The average Bonchev–Trinajstić information content (AvgIpc) is 3.14. The molecule has 4 aromatic rings. The van der Waals surface area contributed by atoms with Crippen LogP contribution in [0.5, 0.6) is 5.75 Å². The lowest BCUT2D eigenvalue weighted by Crippen LogP contribution is -2.15. The third-order valence-corrected chi connectivity index (χ3v) is 5.60. The van der Waals surface area contributed by atoms with E-state index in [-0.39, 0.29) is 12.3 Å². The van der Waals surface area contributed by atoms with Gasteiger partial charge in [0, 0.05) is 22.2 Å². The van der Waals surface area contributed by atoms with Gasteiger partial charge in [0.25, 0.3) is 0 Å². The number of hydrogen-bond donors (Lipinski definition) is 1. The number of amides is 1. The summed E-state index contributed by atoms with van der Waals surface area (Å²) in [6, 6.07) is 21.5. The fraction of sp³-hybridized carbons (Fsp3) is 0.125. The highest BCUT2D eigenvalue weighted by molar-refractivity contribution is 7.12. The first-order chi connectivity index (χ1) is 14.6. The Balaban J connectivity index is 1.46. The van der Waals surface area contributed by atoms with Crippen molar-refractivity contribution in [2.24, 2.45) is 0 Å². The summed E-state index contributed by atoms with van der Waals surface area (Å²) in [6.07, 6.45) is 2.01. The van der Waals surface area contributed by atoms with E-state index < -0.39 is 0 Å². The molecule has 1 N–H and O–H groups in total. The first kappa shape index (κ1) is 19.8. The van der Waals surface area contributed by atoms with Crippen LogP contribution in [0.2, 0.25) is 0 Å². The van der Waals surface area contributed by atoms with E-state index >= 15 is 0 Å². The van der Waals surface area contributed by atoms with Gasteiger partial charge < -0.3 is 10.1 Å². The highest BCUT2D eigenvalue weighted by Gasteiger charge is 2.15. The van der Waals surface area contributed by atoms with Crippen molar-refractivity contribution in [3.63, 3.8) is 0 Å². The Morgan fingerprint density at radius 3 is 2.37 bits per heavy atom. The third kappa shape index (κ3) is 4.55. The molecule has 2 heterocycles. The van der Waals surface area contributed by atoms with E-state index in [1.54, 1.807) is 13.3 Å². The molecule has 0 aliphatic carbocycles. The van der Waals surface area contributed by atoms with Crippen molar-refractivity contribution < 1.29 is 9.53 Å². The highest BCUT2D eigenvalue weighted by Crippen LogP contribution is 2.30. The van der Waals surface area contributed by atoms with Gasteiger partial charge in [-0.1, -0.05) is 30.3 Å². The van der Waals surface area contributed by atoms with Crippen LogP contribution in [0.3, 0.4) is 0 Å². The SMILES string of the molecule is COc1ccc(-c2nc(C)sc2CC(=O)Nc2ccc(-c3ccccc3)cn2)cc1. The molecule has 0 radical (unpaired) electrons. The van der Waals surface area contributed by atoms with Gasteiger partial charge in [-0.15, -0.1) is 11.3 Å². The molecule has 0 fully saturated rings. The molecule has 0 saturated heterocycles. The summed E-state index contributed by atoms with van der Waals surface area (Å²) in [6.45, 7) is 1.95. The van der Waals surface area contributed by atoms with Crippen LogP contribution in [0.4, 0.5) is 5.82 Å². The van der Waals surface area contributed by atoms with Crippen LogP contribution in [0.25, 0.3) is 22.4 Å². The standard InChI is InChI=1S/C24H21N3O2S/c1-16-26-24(18-8-11-20(29-2)12-9-18)21(30-16)14-23(28)27-22-13-10-19(15-25-22)17-6-4-3-5-7-17/h3-13,15H,14H2,1-2H3,(H,25,27,28). The van der Waals surface area contributed by atoms with Crippen molar-refractivity contribution in [3.8, 4) is 28.1 Å². The molecular weight excluding hydrogens is 394 g/mol. The monoisotopic (exact) mass is 415 g/mol. The highest BCUT2D eigenvalue weighted by atomic mass is 32.1. The number of benzene rings is 2. The average molecular weight is 416 g/mol. The van der Waals surface area contributed by atoms with Gasteiger partial charge in [0.2, 0.25) is 5.91 Å². The molecule has 4 rings (SSSR count). The predicted octanol–water partition coefficient (Wildman–Crippen LogP) is 5.37. The number of aromatic nitrogens is 2. The first-order valence-corrected chi connectivity index (χ1v) is 10.4. The number of nitrogens with zero attached hydrogens (tertiary/aromatic N) is 2. The van der Waals surface area contributed by atoms with E-state index in [2.05, 4.69) is 15.3 Å². The fourth-order valence-electron chi connectivity index (χ4n) is 3.17. The number of pyridine rings is 1. The maximum atomic E-state index is 12.6. The number of anilines is 1. The van der Waals surface area contributed by atoms with E-state index in [9.17, 15) is 4.79 Å². The van der Waals surface area contributed by atoms with E-state index in [4.69, 9.17) is 4.74 Å². The zero-order valence-electron chi connectivity index (χ0n) is 16.8. The third-order valence-electron chi connectivity index (χ3n) is 4.63. The topological polar surface area (TPSA) is 64.1 Å². The number of hydrogen-bond acceptors (Lipinski definition) is 5. The van der Waals surface area contributed by atoms with Gasteiger partial charge in [-0.25, -0.2) is 9.97 Å². The molecule has 0 aliphatic rings. The van der Waals surface area contributed by atoms with Gasteiger partial charge in [-0.2, -0.15) is 0 Å². The zero-order valence-corrected chi connectivity index (χ0v) is 17.6. The number of ether oxygens (including phenoxy) is 1. The summed E-state index contributed by atoms with van der Waals surface area (Å²) < 4.78 is 5.22. The summed E-state index contributed by atoms with van der Waals surface area (Å²) in [5.74, 6) is 1.20. The van der Waals surface area contributed by atoms with Crippen LogP contribution in [0.1, 0.15) is 9.88 Å². The summed E-state index contributed by atoms with van der Waals surface area (Å²) in [5, 5.41) is 3.81. The predicted molar refractivity (Wildman–Crippen MR) is 121 cm³/mol. The molecule has 0 spiro atoms. The number of carbonyl (C=O) groups is 1. The van der Waals surface area contributed by atoms with E-state index in [0.29, 0.717) is 5.82 Å². The van der Waals surface area contributed by atoms with Crippen LogP contribution in [0, 0.1) is 6.92 Å². The van der Waals surface area contributed by atoms with Crippen molar-refractivity contribution >= 4 is 23.1 Å². The Morgan fingerprint density at radius 1 is 0.967 bits per heavy atom. The largest absolute Gasteiger partial charge is 0.497 e. The Hall–Kier alpha value is -3.51. The Bertz CT molecular complexity index is 1140. The maximum absolute atomic E-state index is 12.6. The Morgan fingerprint density at radius 2 is 1.70 bits per heavy atom. The number of aryl methyl sites for hydroxylation is 1. The number of thiazole rings is 1. The number of carbonyl (C=O) groups excluding carboxylic acids is 1. The number of nitrogens with one attached hydrogen (secondary N) is 1. The van der Waals surface area contributed by atoms with E-state index in [1.807, 2.05) is 73.7 Å². The van der Waals surface area contributed by atoms with E-state index in [0.717, 1.165) is 38.0 Å². The quantitative estimate of drug-likeness (QED) is 0.460. The van der Waals surface area contributed by atoms with Gasteiger partial charge >= 0.3 is 0 Å². The summed E-state index contributed by atoms with van der Waals surface area (Å²) in [4.78, 5) is 22.6. The molecular formula is C24H21N3O2S. The van der Waals surface area contributed by atoms with Crippen LogP contribution < -0.4 is 10.1 Å². The van der Waals surface area contributed by atoms with Crippen LogP contribution in [0.15, 0.2) is 72.9 Å². The molecule has 6 heteroatoms. The molecule has 0 aliphatic heterocycles. The molecule has 0 bridgehead atoms. The minimum absolute atomic E-state index is 0.117. The fourth-order valence-corrected chi connectivity index (χ4v) is 4.12. The van der Waals surface area contributed by atoms with Gasteiger partial charge in [0.05, 0.1) is 24.2 Å². The van der Waals surface area contributed by atoms with Crippen molar-refractivity contribution in [2.75, 3.05) is 12.4 Å². The normalized spacial score (nSPS) is 10.6. The number of methoxy groups -OCH3 is 1. The lowest BCUT2D eigenvalue weighted by atomic mass is 10.1. The summed E-state index contributed by atoms with van der Waals surface area (Å²) >= 11 is 1.53. The number of rotatable bonds is 6. The Labute approximate surface area is 179 Å². The summed E-state index contributed by atoms with van der Waals surface area (Å²) in [7, 11) is 1.64. The smallest absolute Gasteiger partial charge is 0.230 e. The van der Waals surface area contributed by atoms with Gasteiger partial charge in [-0.05, 0) is 48.9 Å². The lowest BCUT2D eigenvalue weighted by molar-refractivity contribution is -0.115. The minimum atomic E-state index is -0.117. The lowest BCUT2D eigenvalue weighted by Gasteiger charge is -2.07. The summed E-state index contributed by atoms with van der Waals surface area (Å²) in [5.41, 5.74) is 3.90. The van der Waals surface area contributed by atoms with E-state index in [1.165, 1.54) is 11.3 Å². The second-order valence-electron chi connectivity index (χ2n) is 6.76. The molecule has 150 valence electrons. The molecule has 0 saturated carbocycles. The zero-order chi connectivity index (χ0) is 20.9. The second-order valence-corrected chi connectivity index (χ2v) is 8.04. The molecule has 0 unspecified atom stereocenters. The van der Waals surface area contributed by atoms with Crippen molar-refractivity contribution in [1.82, 2.24) is 9.97 Å². The van der Waals surface area contributed by atoms with Crippen LogP contribution in [-0.4, -0.2) is 23.0 Å². The van der Waals surface area contributed by atoms with Gasteiger partial charge in [0.15, 0.2) is 0 Å². The van der Waals surface area contributed by atoms with Gasteiger partial charge in [-0.3, -0.25) is 4.79 Å². The Kier molecular flexibility index (Phi) is 5.86. The van der Waals surface area contributed by atoms with Crippen molar-refractivity contribution in [3.05, 3.63) is 82.8 Å². The van der Waals surface area contributed by atoms with Crippen LogP contribution in [-0.2, 0) is 11.2 Å². The first-order valence-electron chi connectivity index (χ1n) is 9.54. The molecule has 2 aromatic carbocycles. The van der Waals surface area contributed by atoms with Gasteiger partial charge in [0.1, 0.15) is 11.6 Å². The van der Waals surface area contributed by atoms with Crippen molar-refractivity contribution in [2.45, 2.75) is 13.3 Å². The van der Waals surface area contributed by atoms with Crippen LogP contribution >= 0.6 is 11.3 Å². The molecule has 1 amide bonds. The molecule has 30 heavy (non-hydrogen) atoms. The molecule has 2 aromatic heterocycles. The maximum Gasteiger partial charge on any atom is 0.230 e. The second kappa shape index (κ2) is 8.88.